The highest BCUT2D eigenvalue weighted by Crippen LogP contribution is 2.23. The lowest BCUT2D eigenvalue weighted by Crippen LogP contribution is -2.52. The zero-order chi connectivity index (χ0) is 19.2. The fourth-order valence-corrected chi connectivity index (χ4v) is 4.02. The van der Waals surface area contributed by atoms with E-state index in [1.807, 2.05) is 34.9 Å². The van der Waals surface area contributed by atoms with Crippen molar-refractivity contribution in [2.75, 3.05) is 26.2 Å². The van der Waals surface area contributed by atoms with E-state index in [4.69, 9.17) is 16.3 Å². The number of hydrogen-bond acceptors (Lipinski definition) is 3. The van der Waals surface area contributed by atoms with Gasteiger partial charge < -0.3 is 14.5 Å². The maximum atomic E-state index is 12.8. The van der Waals surface area contributed by atoms with Crippen molar-refractivity contribution in [1.29, 1.82) is 0 Å². The molecule has 1 aromatic rings. The summed E-state index contributed by atoms with van der Waals surface area (Å²) in [5, 5.41) is 0.719. The van der Waals surface area contributed by atoms with E-state index in [2.05, 4.69) is 0 Å². The van der Waals surface area contributed by atoms with Crippen LogP contribution in [0, 0.1) is 6.92 Å². The number of benzene rings is 1. The minimum absolute atomic E-state index is 0.0723. The van der Waals surface area contributed by atoms with Crippen LogP contribution >= 0.6 is 11.6 Å². The lowest BCUT2D eigenvalue weighted by Gasteiger charge is -2.36. The molecule has 3 rings (SSSR count). The fraction of sp³-hybridized carbons (Fsp3) is 0.619. The number of aryl methyl sites for hydroxylation is 1. The summed E-state index contributed by atoms with van der Waals surface area (Å²) in [6.07, 6.45) is 6.00. The molecule has 0 aromatic heterocycles. The SMILES string of the molecule is Cc1cc(OCCCC(=O)N2CCCCC2C(=O)N2CCCC2)ccc1Cl. The highest BCUT2D eigenvalue weighted by atomic mass is 35.5. The summed E-state index contributed by atoms with van der Waals surface area (Å²) in [6, 6.07) is 5.30. The number of amides is 2. The molecule has 1 atom stereocenters. The molecule has 0 spiro atoms. The molecule has 2 aliphatic heterocycles. The summed E-state index contributed by atoms with van der Waals surface area (Å²) < 4.78 is 5.73. The van der Waals surface area contributed by atoms with Gasteiger partial charge in [0.05, 0.1) is 6.61 Å². The number of likely N-dealkylation sites (tertiary alicyclic amines) is 2. The first-order valence-electron chi connectivity index (χ1n) is 10.0. The molecular formula is C21H29ClN2O3. The Morgan fingerprint density at radius 2 is 1.89 bits per heavy atom. The molecule has 1 unspecified atom stereocenters. The van der Waals surface area contributed by atoms with Gasteiger partial charge in [0.2, 0.25) is 11.8 Å². The smallest absolute Gasteiger partial charge is 0.245 e. The van der Waals surface area contributed by atoms with E-state index in [-0.39, 0.29) is 17.9 Å². The molecule has 2 saturated heterocycles. The van der Waals surface area contributed by atoms with Gasteiger partial charge in [-0.05, 0) is 69.2 Å². The maximum Gasteiger partial charge on any atom is 0.245 e. The number of piperidine rings is 1. The number of hydrogen-bond donors (Lipinski definition) is 0. The molecule has 27 heavy (non-hydrogen) atoms. The second kappa shape index (κ2) is 9.45. The van der Waals surface area contributed by atoms with Crippen LogP contribution in [0.15, 0.2) is 18.2 Å². The number of carbonyl (C=O) groups excluding carboxylic acids is 2. The van der Waals surface area contributed by atoms with Gasteiger partial charge in [0, 0.05) is 31.1 Å². The van der Waals surface area contributed by atoms with Gasteiger partial charge >= 0.3 is 0 Å². The number of carbonyl (C=O) groups is 2. The fourth-order valence-electron chi connectivity index (χ4n) is 3.90. The third kappa shape index (κ3) is 5.16. The Morgan fingerprint density at radius 1 is 1.15 bits per heavy atom. The minimum atomic E-state index is -0.260. The highest BCUT2D eigenvalue weighted by Gasteiger charge is 2.35. The lowest BCUT2D eigenvalue weighted by molar-refractivity contribution is -0.147. The van der Waals surface area contributed by atoms with Gasteiger partial charge in [0.25, 0.3) is 0 Å². The van der Waals surface area contributed by atoms with Crippen LogP contribution in [-0.4, -0.2) is 53.9 Å². The van der Waals surface area contributed by atoms with Crippen LogP contribution in [0.1, 0.15) is 50.5 Å². The third-order valence-electron chi connectivity index (χ3n) is 5.46. The lowest BCUT2D eigenvalue weighted by atomic mass is 10.00. The number of rotatable bonds is 6. The van der Waals surface area contributed by atoms with Crippen molar-refractivity contribution in [2.45, 2.75) is 57.9 Å². The van der Waals surface area contributed by atoms with E-state index in [0.717, 1.165) is 61.5 Å². The van der Waals surface area contributed by atoms with Crippen molar-refractivity contribution in [3.05, 3.63) is 28.8 Å². The van der Waals surface area contributed by atoms with E-state index >= 15 is 0 Å². The van der Waals surface area contributed by atoms with E-state index in [1.165, 1.54) is 0 Å². The topological polar surface area (TPSA) is 49.9 Å². The zero-order valence-electron chi connectivity index (χ0n) is 16.1. The normalized spacial score (nSPS) is 20.0. The average molecular weight is 393 g/mol. The minimum Gasteiger partial charge on any atom is -0.494 e. The second-order valence-electron chi connectivity index (χ2n) is 7.49. The highest BCUT2D eigenvalue weighted by molar-refractivity contribution is 6.31. The molecule has 0 saturated carbocycles. The predicted molar refractivity (Wildman–Crippen MR) is 106 cm³/mol. The summed E-state index contributed by atoms with van der Waals surface area (Å²) in [5.41, 5.74) is 0.974. The third-order valence-corrected chi connectivity index (χ3v) is 5.88. The molecule has 0 radical (unpaired) electrons. The molecule has 2 fully saturated rings. The molecule has 2 amide bonds. The van der Waals surface area contributed by atoms with E-state index < -0.39 is 0 Å². The van der Waals surface area contributed by atoms with Crippen LogP contribution in [-0.2, 0) is 9.59 Å². The molecular weight excluding hydrogens is 364 g/mol. The molecule has 0 N–H and O–H groups in total. The van der Waals surface area contributed by atoms with Crippen molar-refractivity contribution in [3.63, 3.8) is 0 Å². The van der Waals surface area contributed by atoms with Crippen LogP contribution < -0.4 is 4.74 Å². The Hall–Kier alpha value is -1.75. The molecule has 2 heterocycles. The molecule has 2 aliphatic rings. The van der Waals surface area contributed by atoms with E-state index in [9.17, 15) is 9.59 Å². The van der Waals surface area contributed by atoms with Gasteiger partial charge in [-0.3, -0.25) is 9.59 Å². The van der Waals surface area contributed by atoms with E-state index in [1.54, 1.807) is 0 Å². The monoisotopic (exact) mass is 392 g/mol. The van der Waals surface area contributed by atoms with Gasteiger partial charge in [0.1, 0.15) is 11.8 Å². The zero-order valence-corrected chi connectivity index (χ0v) is 16.8. The van der Waals surface area contributed by atoms with Gasteiger partial charge in [-0.25, -0.2) is 0 Å². The van der Waals surface area contributed by atoms with Crippen LogP contribution in [0.4, 0.5) is 0 Å². The maximum absolute atomic E-state index is 12.8. The largest absolute Gasteiger partial charge is 0.494 e. The summed E-state index contributed by atoms with van der Waals surface area (Å²) in [4.78, 5) is 29.3. The summed E-state index contributed by atoms with van der Waals surface area (Å²) in [5.74, 6) is 0.987. The standard InChI is InChI=1S/C21H29ClN2O3/c1-16-15-17(9-10-18(16)22)27-14-6-8-20(25)24-13-3-2-7-19(24)21(26)23-11-4-5-12-23/h9-10,15,19H,2-8,11-14H2,1H3. The van der Waals surface area contributed by atoms with Crippen LogP contribution in [0.5, 0.6) is 5.75 Å². The Bertz CT molecular complexity index is 673. The number of nitrogens with zero attached hydrogens (tertiary/aromatic N) is 2. The Balaban J connectivity index is 1.48. The van der Waals surface area contributed by atoms with Crippen molar-refractivity contribution in [1.82, 2.24) is 9.80 Å². The first-order valence-corrected chi connectivity index (χ1v) is 10.4. The quantitative estimate of drug-likeness (QED) is 0.691. The van der Waals surface area contributed by atoms with Gasteiger partial charge in [-0.15, -0.1) is 0 Å². The Kier molecular flexibility index (Phi) is 7.00. The van der Waals surface area contributed by atoms with Gasteiger partial charge in [-0.2, -0.15) is 0 Å². The van der Waals surface area contributed by atoms with Crippen molar-refractivity contribution in [2.24, 2.45) is 0 Å². The van der Waals surface area contributed by atoms with Crippen LogP contribution in [0.3, 0.4) is 0 Å². The summed E-state index contributed by atoms with van der Waals surface area (Å²) >= 11 is 6.02. The molecule has 0 bridgehead atoms. The van der Waals surface area contributed by atoms with Gasteiger partial charge in [0.15, 0.2) is 0 Å². The first-order chi connectivity index (χ1) is 13.1. The Morgan fingerprint density at radius 3 is 2.63 bits per heavy atom. The molecule has 5 nitrogen and oxygen atoms in total. The Labute approximate surface area is 166 Å². The van der Waals surface area contributed by atoms with Crippen molar-refractivity contribution in [3.8, 4) is 5.75 Å². The van der Waals surface area contributed by atoms with E-state index in [0.29, 0.717) is 26.0 Å². The molecule has 0 aliphatic carbocycles. The predicted octanol–water partition coefficient (Wildman–Crippen LogP) is 3.81. The summed E-state index contributed by atoms with van der Waals surface area (Å²) in [7, 11) is 0. The number of halogens is 1. The molecule has 1 aromatic carbocycles. The number of ether oxygens (including phenoxy) is 1. The van der Waals surface area contributed by atoms with Crippen molar-refractivity contribution < 1.29 is 14.3 Å². The average Bonchev–Trinajstić information content (AvgIpc) is 3.22. The molecule has 148 valence electrons. The summed E-state index contributed by atoms with van der Waals surface area (Å²) in [6.45, 7) is 4.79. The van der Waals surface area contributed by atoms with Crippen molar-refractivity contribution >= 4 is 23.4 Å². The molecule has 6 heteroatoms. The second-order valence-corrected chi connectivity index (χ2v) is 7.90. The van der Waals surface area contributed by atoms with Gasteiger partial charge in [-0.1, -0.05) is 11.6 Å². The first kappa shape index (κ1) is 20.0. The van der Waals surface area contributed by atoms with Crippen LogP contribution in [0.2, 0.25) is 5.02 Å². The van der Waals surface area contributed by atoms with Crippen LogP contribution in [0.25, 0.3) is 0 Å².